The molecule has 0 unspecified atom stereocenters. The monoisotopic (exact) mass is 103 g/mol. The van der Waals surface area contributed by atoms with E-state index in [1.54, 1.807) is 0 Å². The number of halogens is 3. The summed E-state index contributed by atoms with van der Waals surface area (Å²) in [6.45, 7) is 0. The van der Waals surface area contributed by atoms with Crippen LogP contribution in [0.25, 0.3) is 0 Å². The molecule has 5 heteroatoms. The van der Waals surface area contributed by atoms with E-state index in [1.165, 1.54) is 0 Å². The van der Waals surface area contributed by atoms with Gasteiger partial charge in [0.15, 0.2) is 0 Å². The first kappa shape index (κ1) is 4.94. The fourth-order valence-electron chi connectivity index (χ4n) is 0. The van der Waals surface area contributed by atoms with E-state index in [0.29, 0.717) is 0 Å². The quantitative estimate of drug-likeness (QED) is 0.440. The van der Waals surface area contributed by atoms with Gasteiger partial charge in [0, 0.05) is 4.58 Å². The zero-order chi connectivity index (χ0) is 4.28. The lowest BCUT2D eigenvalue weighted by Gasteiger charge is -1.59. The molecule has 0 spiro atoms. The molecule has 1 nitrogen and oxygen atoms in total. The largest absolute Gasteiger partial charge is 0.293 e. The van der Waals surface area contributed by atoms with Crippen molar-refractivity contribution in [3.8, 4) is 0 Å². The van der Waals surface area contributed by atoms with Crippen LogP contribution in [-0.4, -0.2) is 0 Å². The average molecular weight is 103 g/mol. The Morgan fingerprint density at radius 1 is 1.40 bits per heavy atom. The van der Waals surface area contributed by atoms with E-state index in [0.717, 1.165) is 4.58 Å². The van der Waals surface area contributed by atoms with Gasteiger partial charge >= 0.3 is 0 Å². The first-order valence-electron chi connectivity index (χ1n) is 0.660. The lowest BCUT2D eigenvalue weighted by atomic mass is 13.8. The molecule has 0 rings (SSSR count). The molecule has 0 aromatic rings. The number of hydrogen-bond donors (Lipinski definition) is 0. The van der Waals surface area contributed by atoms with Gasteiger partial charge in [0.05, 0.1) is 0 Å². The van der Waals surface area contributed by atoms with Crippen LogP contribution >= 0.6 is 0 Å². The molecular formula is F3NS. The van der Waals surface area contributed by atoms with Crippen molar-refractivity contribution in [2.75, 3.05) is 0 Å². The molecule has 0 radical (unpaired) electrons. The molecule has 5 heavy (non-hydrogen) atoms. The molecule has 0 fully saturated rings. The molecule has 0 aliphatic heterocycles. The van der Waals surface area contributed by atoms with Gasteiger partial charge in [-0.15, -0.1) is 7.77 Å². The Hall–Kier alpha value is -0.0600. The fraction of sp³-hybridized carbons (Fsp3) is 0. The summed E-state index contributed by atoms with van der Waals surface area (Å²) in [5.74, 6) is 0. The van der Waals surface area contributed by atoms with Crippen LogP contribution in [-0.2, 0) is 11.5 Å². The van der Waals surface area contributed by atoms with Crippen molar-refractivity contribution in [3.05, 3.63) is 0 Å². The Morgan fingerprint density at radius 2 is 1.60 bits per heavy atom. The Labute approximate surface area is 29.4 Å². The predicted octanol–water partition coefficient (Wildman–Crippen LogP) is 1.44. The van der Waals surface area contributed by atoms with E-state index < -0.39 is 11.5 Å². The summed E-state index contributed by atoms with van der Waals surface area (Å²) in [5, 5.41) is 0. The highest BCUT2D eigenvalue weighted by Crippen LogP contribution is 1.88. The Morgan fingerprint density at radius 3 is 1.60 bits per heavy atom. The van der Waals surface area contributed by atoms with E-state index in [-0.39, 0.29) is 0 Å². The average Bonchev–Trinajstić information content (AvgIpc) is 1.38. The van der Waals surface area contributed by atoms with Crippen LogP contribution in [0, 0.1) is 0 Å². The van der Waals surface area contributed by atoms with Gasteiger partial charge in [-0.3, -0.25) is 0 Å². The van der Waals surface area contributed by atoms with Gasteiger partial charge in [0.25, 0.3) is 11.5 Å². The smallest absolute Gasteiger partial charge is 0.116 e. The van der Waals surface area contributed by atoms with Gasteiger partial charge < -0.3 is 0 Å². The molecule has 0 bridgehead atoms. The molecule has 0 aromatic heterocycles. The summed E-state index contributed by atoms with van der Waals surface area (Å²) in [4.78, 5) is 0. The standard InChI is InChI=1S/F3NS/c1-4-5(2)3. The second kappa shape index (κ2) is 2.19. The van der Waals surface area contributed by atoms with E-state index in [1.807, 2.05) is 0 Å². The minimum absolute atomic E-state index is 1.08. The highest BCUT2D eigenvalue weighted by Gasteiger charge is 1.77. The van der Waals surface area contributed by atoms with Gasteiger partial charge in [0.1, 0.15) is 0 Å². The number of rotatable bonds is 0. The molecule has 0 saturated carbocycles. The molecule has 0 atom stereocenters. The first-order valence-corrected chi connectivity index (χ1v) is 1.64. The highest BCUT2D eigenvalue weighted by atomic mass is 32.2. The van der Waals surface area contributed by atoms with Crippen LogP contribution in [0.5, 0.6) is 0 Å². The van der Waals surface area contributed by atoms with Crippen LogP contribution in [0.4, 0.5) is 12.3 Å². The molecule has 0 aliphatic carbocycles. The topological polar surface area (TPSA) is 12.4 Å². The van der Waals surface area contributed by atoms with Crippen molar-refractivity contribution in [1.82, 2.24) is 0 Å². The van der Waals surface area contributed by atoms with Crippen molar-refractivity contribution in [3.63, 3.8) is 0 Å². The van der Waals surface area contributed by atoms with Gasteiger partial charge in [-0.25, -0.2) is 0 Å². The maximum Gasteiger partial charge on any atom is 0.293 e. The summed E-state index contributed by atoms with van der Waals surface area (Å²) in [7, 11) is 0. The Balaban J connectivity index is 3.14. The van der Waals surface area contributed by atoms with E-state index in [9.17, 15) is 12.3 Å². The van der Waals surface area contributed by atoms with Crippen LogP contribution in [0.2, 0.25) is 0 Å². The second-order valence-corrected chi connectivity index (χ2v) is 0.796. The summed E-state index contributed by atoms with van der Waals surface area (Å²) >= 11 is -3.36. The van der Waals surface area contributed by atoms with Gasteiger partial charge in [-0.1, -0.05) is 4.48 Å². The van der Waals surface area contributed by atoms with E-state index in [4.69, 9.17) is 0 Å². The zero-order valence-electron chi connectivity index (χ0n) is 1.99. The van der Waals surface area contributed by atoms with Crippen molar-refractivity contribution in [2.45, 2.75) is 0 Å². The Kier molecular flexibility index (Phi) is 2.17. The van der Waals surface area contributed by atoms with Crippen molar-refractivity contribution in [1.29, 1.82) is 0 Å². The third-order valence-corrected chi connectivity index (χ3v) is 0.156. The highest BCUT2D eigenvalue weighted by molar-refractivity contribution is 7.76. The number of nitrogens with zero attached hydrogens (tertiary/aromatic N) is 1. The van der Waals surface area contributed by atoms with Crippen LogP contribution in [0.15, 0.2) is 4.58 Å². The summed E-state index contributed by atoms with van der Waals surface area (Å²) in [6, 6.07) is 0. The predicted molar refractivity (Wildman–Crippen MR) is 13.1 cm³/mol. The second-order valence-electron chi connectivity index (χ2n) is 0.265. The molecular weight excluding hydrogens is 103 g/mol. The molecule has 0 amide bonds. The Bertz CT molecular complexity index is 44.9. The maximum absolute atomic E-state index is 10.2. The molecule has 0 aromatic carbocycles. The first-order chi connectivity index (χ1) is 2.27. The van der Waals surface area contributed by atoms with Crippen molar-refractivity contribution < 1.29 is 12.3 Å². The summed E-state index contributed by atoms with van der Waals surface area (Å²) in [6.07, 6.45) is 0. The third kappa shape index (κ3) is 3.94. The lowest BCUT2D eigenvalue weighted by Crippen LogP contribution is -1.49. The van der Waals surface area contributed by atoms with Crippen molar-refractivity contribution in [2.24, 2.45) is 4.58 Å². The number of hydrogen-bond acceptors (Lipinski definition) is 1. The minimum atomic E-state index is -3.36. The van der Waals surface area contributed by atoms with Crippen LogP contribution in [0.3, 0.4) is 0 Å². The molecule has 0 aliphatic rings. The SMILES string of the molecule is FN=S(F)F. The third-order valence-electron chi connectivity index (χ3n) is 0.0522. The lowest BCUT2D eigenvalue weighted by molar-refractivity contribution is 0.535. The maximum atomic E-state index is 10.2. The van der Waals surface area contributed by atoms with E-state index in [2.05, 4.69) is 0 Å². The van der Waals surface area contributed by atoms with Gasteiger partial charge in [0.2, 0.25) is 0 Å². The van der Waals surface area contributed by atoms with E-state index >= 15 is 0 Å². The van der Waals surface area contributed by atoms with Crippen LogP contribution in [0.1, 0.15) is 0 Å². The van der Waals surface area contributed by atoms with Gasteiger partial charge in [-0.05, 0) is 0 Å². The summed E-state index contributed by atoms with van der Waals surface area (Å²) < 4.78 is 31.6. The zero-order valence-corrected chi connectivity index (χ0v) is 2.81. The van der Waals surface area contributed by atoms with Gasteiger partial charge in [-0.2, -0.15) is 0 Å². The normalized spacial score (nSPS) is 8.80. The fourth-order valence-corrected chi connectivity index (χ4v) is 0. The molecule has 0 saturated heterocycles. The molecule has 0 N–H and O–H groups in total. The molecule has 0 heterocycles. The minimum Gasteiger partial charge on any atom is -0.116 e. The van der Waals surface area contributed by atoms with Crippen molar-refractivity contribution >= 4 is 11.5 Å². The van der Waals surface area contributed by atoms with Crippen LogP contribution < -0.4 is 0 Å². The summed E-state index contributed by atoms with van der Waals surface area (Å²) in [5.41, 5.74) is 0. The molecule has 32 valence electrons.